The summed E-state index contributed by atoms with van der Waals surface area (Å²) in [7, 11) is 0. The van der Waals surface area contributed by atoms with Crippen molar-refractivity contribution >= 4 is 17.6 Å². The fraction of sp³-hybridized carbons (Fsp3) is 0.286. The van der Waals surface area contributed by atoms with Crippen LogP contribution >= 0.6 is 0 Å². The maximum absolute atomic E-state index is 11.9. The minimum Gasteiger partial charge on any atom is -0.478 e. The number of esters is 1. The Kier molecular flexibility index (Phi) is 3.73. The quantitative estimate of drug-likeness (QED) is 0.846. The van der Waals surface area contributed by atoms with E-state index in [0.29, 0.717) is 17.3 Å². The van der Waals surface area contributed by atoms with Gasteiger partial charge in [-0.2, -0.15) is 4.98 Å². The van der Waals surface area contributed by atoms with Gasteiger partial charge in [0.25, 0.3) is 11.8 Å². The molecule has 0 spiro atoms. The summed E-state index contributed by atoms with van der Waals surface area (Å²) in [5.41, 5.74) is 0.582. The summed E-state index contributed by atoms with van der Waals surface area (Å²) in [6.07, 6.45) is -1.13. The third-order valence-electron chi connectivity index (χ3n) is 2.98. The number of rotatable bonds is 4. The minimum absolute atomic E-state index is 0.134. The van der Waals surface area contributed by atoms with Crippen LogP contribution in [0.4, 0.5) is 5.69 Å². The third-order valence-corrected chi connectivity index (χ3v) is 2.98. The van der Waals surface area contributed by atoms with Crippen LogP contribution in [0.25, 0.3) is 0 Å². The summed E-state index contributed by atoms with van der Waals surface area (Å²) < 4.78 is 15.3. The molecule has 1 amide bonds. The number of nitrogens with one attached hydrogen (secondary N) is 1. The molecule has 0 aliphatic carbocycles. The van der Waals surface area contributed by atoms with Gasteiger partial charge in [0, 0.05) is 0 Å². The van der Waals surface area contributed by atoms with Gasteiger partial charge in [-0.15, -0.1) is 0 Å². The number of hydrogen-bond acceptors (Lipinski definition) is 7. The van der Waals surface area contributed by atoms with Crippen molar-refractivity contribution in [2.24, 2.45) is 0 Å². The van der Waals surface area contributed by atoms with Gasteiger partial charge in [0.05, 0.1) is 12.1 Å². The van der Waals surface area contributed by atoms with E-state index < -0.39 is 12.1 Å². The van der Waals surface area contributed by atoms with Gasteiger partial charge in [-0.1, -0.05) is 17.3 Å². The molecular weight excluding hydrogens is 290 g/mol. The smallest absolute Gasteiger partial charge is 0.310 e. The molecule has 0 saturated heterocycles. The minimum atomic E-state index is -0.924. The zero-order chi connectivity index (χ0) is 15.5. The summed E-state index contributed by atoms with van der Waals surface area (Å²) in [6, 6.07) is 7.00. The zero-order valence-corrected chi connectivity index (χ0v) is 11.7. The lowest BCUT2D eigenvalue weighted by molar-refractivity contribution is -0.149. The number of aromatic nitrogens is 2. The van der Waals surface area contributed by atoms with E-state index in [4.69, 9.17) is 14.0 Å². The van der Waals surface area contributed by atoms with E-state index in [2.05, 4.69) is 15.5 Å². The van der Waals surface area contributed by atoms with Crippen LogP contribution in [0.1, 0.15) is 18.1 Å². The van der Waals surface area contributed by atoms with E-state index in [1.165, 1.54) is 0 Å². The lowest BCUT2D eigenvalue weighted by atomic mass is 10.1. The van der Waals surface area contributed by atoms with E-state index >= 15 is 0 Å². The van der Waals surface area contributed by atoms with Gasteiger partial charge in [0.1, 0.15) is 5.75 Å². The topological polar surface area (TPSA) is 104 Å². The zero-order valence-electron chi connectivity index (χ0n) is 11.7. The number of nitrogens with zero attached hydrogens (tertiary/aromatic N) is 2. The van der Waals surface area contributed by atoms with Gasteiger partial charge in [-0.25, -0.2) is 0 Å². The fourth-order valence-corrected chi connectivity index (χ4v) is 1.98. The molecule has 1 aromatic carbocycles. The van der Waals surface area contributed by atoms with Crippen LogP contribution in [-0.4, -0.2) is 28.1 Å². The van der Waals surface area contributed by atoms with Crippen molar-refractivity contribution in [1.82, 2.24) is 10.1 Å². The normalized spacial score (nSPS) is 16.4. The highest BCUT2D eigenvalue weighted by atomic mass is 16.6. The molecule has 2 heterocycles. The van der Waals surface area contributed by atoms with Crippen molar-refractivity contribution in [3.63, 3.8) is 0 Å². The molecule has 0 radical (unpaired) electrons. The first-order valence-corrected chi connectivity index (χ1v) is 6.63. The van der Waals surface area contributed by atoms with E-state index in [9.17, 15) is 9.59 Å². The molecule has 0 saturated carbocycles. The molecule has 8 nitrogen and oxygen atoms in total. The molecule has 1 N–H and O–H groups in total. The Labute approximate surface area is 125 Å². The second-order valence-electron chi connectivity index (χ2n) is 4.69. The maximum Gasteiger partial charge on any atom is 0.310 e. The Bertz CT molecular complexity index is 712. The summed E-state index contributed by atoms with van der Waals surface area (Å²) in [5.74, 6) is 0.204. The molecule has 1 aliphatic heterocycles. The SMILES string of the molecule is Cc1noc(COC(=O)C[C@@H]2Oc3ccccc3NC2=O)n1. The van der Waals surface area contributed by atoms with Gasteiger partial charge >= 0.3 is 5.97 Å². The number of fused-ring (bicyclic) bond motifs is 1. The van der Waals surface area contributed by atoms with E-state index in [1.807, 2.05) is 0 Å². The number of carbonyl (C=O) groups excluding carboxylic acids is 2. The maximum atomic E-state index is 11.9. The average molecular weight is 303 g/mol. The number of ether oxygens (including phenoxy) is 2. The second kappa shape index (κ2) is 5.84. The Morgan fingerprint density at radius 3 is 3.00 bits per heavy atom. The Morgan fingerprint density at radius 1 is 1.41 bits per heavy atom. The molecular formula is C14H13N3O5. The van der Waals surface area contributed by atoms with Gasteiger partial charge < -0.3 is 19.3 Å². The van der Waals surface area contributed by atoms with Crippen LogP contribution in [0.2, 0.25) is 0 Å². The highest BCUT2D eigenvalue weighted by Gasteiger charge is 2.30. The molecule has 2 aromatic rings. The van der Waals surface area contributed by atoms with Crippen molar-refractivity contribution in [3.05, 3.63) is 36.0 Å². The fourth-order valence-electron chi connectivity index (χ4n) is 1.98. The lowest BCUT2D eigenvalue weighted by Crippen LogP contribution is -2.38. The van der Waals surface area contributed by atoms with Crippen LogP contribution in [0.5, 0.6) is 5.75 Å². The predicted octanol–water partition coefficient (Wildman–Crippen LogP) is 1.21. The molecule has 0 bridgehead atoms. The molecule has 1 atom stereocenters. The van der Waals surface area contributed by atoms with Crippen molar-refractivity contribution in [2.75, 3.05) is 5.32 Å². The van der Waals surface area contributed by atoms with Gasteiger partial charge in [-0.05, 0) is 19.1 Å². The second-order valence-corrected chi connectivity index (χ2v) is 4.69. The predicted molar refractivity (Wildman–Crippen MR) is 72.9 cm³/mol. The highest BCUT2D eigenvalue weighted by Crippen LogP contribution is 2.29. The Hall–Kier alpha value is -2.90. The number of hydrogen-bond donors (Lipinski definition) is 1. The van der Waals surface area contributed by atoms with Crippen LogP contribution in [-0.2, 0) is 20.9 Å². The molecule has 8 heteroatoms. The largest absolute Gasteiger partial charge is 0.478 e. The Morgan fingerprint density at radius 2 is 2.23 bits per heavy atom. The van der Waals surface area contributed by atoms with Gasteiger partial charge in [-0.3, -0.25) is 9.59 Å². The number of amides is 1. The van der Waals surface area contributed by atoms with Gasteiger partial charge in [0.15, 0.2) is 18.5 Å². The van der Waals surface area contributed by atoms with Crippen molar-refractivity contribution < 1.29 is 23.6 Å². The van der Waals surface area contributed by atoms with E-state index in [1.54, 1.807) is 31.2 Å². The standard InChI is InChI=1S/C14H13N3O5/c1-8-15-12(22-17-8)7-20-13(18)6-11-14(19)16-9-4-2-3-5-10(9)21-11/h2-5,11H,6-7H2,1H3,(H,16,19)/t11-/m0/s1. The summed E-state index contributed by atoms with van der Waals surface area (Å²) >= 11 is 0. The Balaban J connectivity index is 1.56. The van der Waals surface area contributed by atoms with E-state index in [-0.39, 0.29) is 24.8 Å². The van der Waals surface area contributed by atoms with Crippen molar-refractivity contribution in [2.45, 2.75) is 26.1 Å². The number of benzene rings is 1. The first kappa shape index (κ1) is 14.1. The number of anilines is 1. The molecule has 114 valence electrons. The molecule has 1 aromatic heterocycles. The average Bonchev–Trinajstić information content (AvgIpc) is 2.91. The lowest BCUT2D eigenvalue weighted by Gasteiger charge is -2.24. The molecule has 0 fully saturated rings. The highest BCUT2D eigenvalue weighted by molar-refractivity contribution is 5.99. The molecule has 22 heavy (non-hydrogen) atoms. The number of para-hydroxylation sites is 2. The summed E-state index contributed by atoms with van der Waals surface area (Å²) in [6.45, 7) is 1.52. The first-order valence-electron chi connectivity index (χ1n) is 6.63. The van der Waals surface area contributed by atoms with Crippen molar-refractivity contribution in [1.29, 1.82) is 0 Å². The third kappa shape index (κ3) is 3.05. The van der Waals surface area contributed by atoms with Crippen LogP contribution in [0, 0.1) is 6.92 Å². The van der Waals surface area contributed by atoms with Gasteiger partial charge in [0.2, 0.25) is 0 Å². The molecule has 3 rings (SSSR count). The van der Waals surface area contributed by atoms with Crippen LogP contribution in [0.3, 0.4) is 0 Å². The van der Waals surface area contributed by atoms with Crippen LogP contribution in [0.15, 0.2) is 28.8 Å². The molecule has 1 aliphatic rings. The number of carbonyl (C=O) groups is 2. The number of aryl methyl sites for hydroxylation is 1. The summed E-state index contributed by atoms with van der Waals surface area (Å²) in [4.78, 5) is 27.6. The van der Waals surface area contributed by atoms with E-state index in [0.717, 1.165) is 0 Å². The van der Waals surface area contributed by atoms with Crippen molar-refractivity contribution in [3.8, 4) is 5.75 Å². The summed E-state index contributed by atoms with van der Waals surface area (Å²) in [5, 5.41) is 6.26. The first-order chi connectivity index (χ1) is 10.6. The van der Waals surface area contributed by atoms with Crippen LogP contribution < -0.4 is 10.1 Å². The monoisotopic (exact) mass is 303 g/mol. The molecule has 0 unspecified atom stereocenters.